The molecule has 114 valence electrons. The molecule has 1 fully saturated rings. The summed E-state index contributed by atoms with van der Waals surface area (Å²) in [6, 6.07) is 2.78. The van der Waals surface area contributed by atoms with Gasteiger partial charge in [0.25, 0.3) is 5.60 Å². The van der Waals surface area contributed by atoms with Crippen LogP contribution in [0.1, 0.15) is 29.5 Å². The Balaban J connectivity index is 2.61. The Morgan fingerprint density at radius 1 is 1.19 bits per heavy atom. The molecule has 1 aromatic rings. The third-order valence-electron chi connectivity index (χ3n) is 3.65. The minimum Gasteiger partial charge on any atom is -0.496 e. The molecule has 0 amide bonds. The monoisotopic (exact) mass is 298 g/mol. The third kappa shape index (κ3) is 3.01. The zero-order valence-electron chi connectivity index (χ0n) is 12.1. The molecule has 1 N–H and O–H groups in total. The SMILES string of the molecule is COc1cc(C)c(C)cc1C(O)(C#CC1CC1)C(F)(F)F. The van der Waals surface area contributed by atoms with Crippen LogP contribution in [0.3, 0.4) is 0 Å². The molecule has 2 nitrogen and oxygen atoms in total. The summed E-state index contributed by atoms with van der Waals surface area (Å²) in [6.45, 7) is 3.45. The lowest BCUT2D eigenvalue weighted by atomic mass is 9.89. The lowest BCUT2D eigenvalue weighted by Gasteiger charge is -2.28. The smallest absolute Gasteiger partial charge is 0.433 e. The highest BCUT2D eigenvalue weighted by molar-refractivity contribution is 5.49. The normalized spacial score (nSPS) is 17.7. The van der Waals surface area contributed by atoms with Crippen LogP contribution >= 0.6 is 0 Å². The Morgan fingerprint density at radius 3 is 2.24 bits per heavy atom. The van der Waals surface area contributed by atoms with Gasteiger partial charge in [0, 0.05) is 11.5 Å². The molecular formula is C16H17F3O2. The highest BCUT2D eigenvalue weighted by Crippen LogP contribution is 2.43. The number of aliphatic hydroxyl groups is 1. The third-order valence-corrected chi connectivity index (χ3v) is 3.65. The van der Waals surface area contributed by atoms with Crippen molar-refractivity contribution in [3.63, 3.8) is 0 Å². The summed E-state index contributed by atoms with van der Waals surface area (Å²) < 4.78 is 45.2. The van der Waals surface area contributed by atoms with E-state index in [9.17, 15) is 18.3 Å². The van der Waals surface area contributed by atoms with E-state index >= 15 is 0 Å². The van der Waals surface area contributed by atoms with E-state index in [0.717, 1.165) is 18.4 Å². The van der Waals surface area contributed by atoms with Crippen molar-refractivity contribution < 1.29 is 23.0 Å². The van der Waals surface area contributed by atoms with Crippen LogP contribution in [0.5, 0.6) is 5.75 Å². The van der Waals surface area contributed by atoms with Gasteiger partial charge in [0.2, 0.25) is 0 Å². The molecule has 0 saturated heterocycles. The van der Waals surface area contributed by atoms with Crippen LogP contribution in [0.2, 0.25) is 0 Å². The summed E-state index contributed by atoms with van der Waals surface area (Å²) in [7, 11) is 1.28. The summed E-state index contributed by atoms with van der Waals surface area (Å²) in [5.74, 6) is 4.49. The maximum Gasteiger partial charge on any atom is 0.433 e. The fourth-order valence-electron chi connectivity index (χ4n) is 1.97. The lowest BCUT2D eigenvalue weighted by molar-refractivity contribution is -0.241. The minimum absolute atomic E-state index is 0.0111. The maximum atomic E-state index is 13.4. The Kier molecular flexibility index (Phi) is 3.94. The largest absolute Gasteiger partial charge is 0.496 e. The zero-order valence-corrected chi connectivity index (χ0v) is 12.1. The summed E-state index contributed by atoms with van der Waals surface area (Å²) in [5.41, 5.74) is -2.13. The second-order valence-electron chi connectivity index (χ2n) is 5.39. The van der Waals surface area contributed by atoms with Crippen LogP contribution in [0, 0.1) is 31.6 Å². The van der Waals surface area contributed by atoms with E-state index < -0.39 is 11.8 Å². The fourth-order valence-corrected chi connectivity index (χ4v) is 1.97. The van der Waals surface area contributed by atoms with Crippen molar-refractivity contribution in [1.82, 2.24) is 0 Å². The molecule has 5 heteroatoms. The predicted octanol–water partition coefficient (Wildman–Crippen LogP) is 3.48. The van der Waals surface area contributed by atoms with Gasteiger partial charge in [-0.3, -0.25) is 0 Å². The Morgan fingerprint density at radius 2 is 1.76 bits per heavy atom. The van der Waals surface area contributed by atoms with Gasteiger partial charge < -0.3 is 9.84 Å². The van der Waals surface area contributed by atoms with Crippen molar-refractivity contribution >= 4 is 0 Å². The van der Waals surface area contributed by atoms with Gasteiger partial charge in [-0.2, -0.15) is 13.2 Å². The topological polar surface area (TPSA) is 29.5 Å². The molecule has 1 saturated carbocycles. The highest BCUT2D eigenvalue weighted by Gasteiger charge is 2.56. The average molecular weight is 298 g/mol. The number of hydrogen-bond acceptors (Lipinski definition) is 2. The Labute approximate surface area is 121 Å². The summed E-state index contributed by atoms with van der Waals surface area (Å²) in [5, 5.41) is 10.2. The van der Waals surface area contributed by atoms with Crippen LogP contribution in [-0.2, 0) is 5.60 Å². The van der Waals surface area contributed by atoms with Gasteiger partial charge in [-0.1, -0.05) is 11.8 Å². The Hall–Kier alpha value is -1.67. The molecule has 21 heavy (non-hydrogen) atoms. The van der Waals surface area contributed by atoms with Crippen LogP contribution in [-0.4, -0.2) is 18.4 Å². The molecule has 1 unspecified atom stereocenters. The van der Waals surface area contributed by atoms with E-state index in [1.165, 1.54) is 19.2 Å². The van der Waals surface area contributed by atoms with Crippen molar-refractivity contribution in [1.29, 1.82) is 0 Å². The number of halogens is 3. The number of hydrogen-bond donors (Lipinski definition) is 1. The number of rotatable bonds is 2. The predicted molar refractivity (Wildman–Crippen MR) is 72.9 cm³/mol. The first kappa shape index (κ1) is 15.7. The van der Waals surface area contributed by atoms with Crippen LogP contribution in [0.4, 0.5) is 13.2 Å². The van der Waals surface area contributed by atoms with E-state index in [1.54, 1.807) is 13.8 Å². The number of methoxy groups -OCH3 is 1. The average Bonchev–Trinajstić information content (AvgIpc) is 3.21. The van der Waals surface area contributed by atoms with E-state index in [-0.39, 0.29) is 17.2 Å². The molecule has 1 aliphatic carbocycles. The van der Waals surface area contributed by atoms with E-state index in [4.69, 9.17) is 4.74 Å². The first-order valence-electron chi connectivity index (χ1n) is 6.66. The molecule has 0 aliphatic heterocycles. The van der Waals surface area contributed by atoms with E-state index in [2.05, 4.69) is 5.92 Å². The van der Waals surface area contributed by atoms with Gasteiger partial charge in [-0.15, -0.1) is 0 Å². The van der Waals surface area contributed by atoms with Crippen molar-refractivity contribution in [2.75, 3.05) is 7.11 Å². The van der Waals surface area contributed by atoms with Crippen molar-refractivity contribution in [3.8, 4) is 17.6 Å². The molecule has 0 bridgehead atoms. The summed E-state index contributed by atoms with van der Waals surface area (Å²) in [4.78, 5) is 0. The van der Waals surface area contributed by atoms with Crippen molar-refractivity contribution in [2.45, 2.75) is 38.5 Å². The molecule has 1 aliphatic rings. The molecule has 0 heterocycles. The van der Waals surface area contributed by atoms with Gasteiger partial charge in [0.05, 0.1) is 7.11 Å². The molecule has 0 aromatic heterocycles. The zero-order chi connectivity index (χ0) is 15.8. The number of benzene rings is 1. The van der Waals surface area contributed by atoms with Gasteiger partial charge in [-0.05, 0) is 49.9 Å². The van der Waals surface area contributed by atoms with Gasteiger partial charge in [0.1, 0.15) is 5.75 Å². The van der Waals surface area contributed by atoms with E-state index in [1.807, 2.05) is 5.92 Å². The summed E-state index contributed by atoms with van der Waals surface area (Å²) in [6.07, 6.45) is -3.33. The number of alkyl halides is 3. The first-order chi connectivity index (χ1) is 9.69. The van der Waals surface area contributed by atoms with Gasteiger partial charge >= 0.3 is 6.18 Å². The quantitative estimate of drug-likeness (QED) is 0.847. The van der Waals surface area contributed by atoms with Crippen molar-refractivity contribution in [3.05, 3.63) is 28.8 Å². The lowest BCUT2D eigenvalue weighted by Crippen LogP contribution is -2.41. The maximum absolute atomic E-state index is 13.4. The molecular weight excluding hydrogens is 281 g/mol. The highest BCUT2D eigenvalue weighted by atomic mass is 19.4. The van der Waals surface area contributed by atoms with Crippen LogP contribution in [0.25, 0.3) is 0 Å². The molecule has 1 atom stereocenters. The van der Waals surface area contributed by atoms with Gasteiger partial charge in [0.15, 0.2) is 0 Å². The fraction of sp³-hybridized carbons (Fsp3) is 0.500. The number of ether oxygens (including phenoxy) is 1. The molecule has 0 spiro atoms. The second kappa shape index (κ2) is 5.27. The second-order valence-corrected chi connectivity index (χ2v) is 5.39. The minimum atomic E-state index is -4.90. The Bertz CT molecular complexity index is 606. The van der Waals surface area contributed by atoms with Crippen LogP contribution < -0.4 is 4.74 Å². The molecule has 0 radical (unpaired) electrons. The molecule has 2 rings (SSSR count). The van der Waals surface area contributed by atoms with Crippen LogP contribution in [0.15, 0.2) is 12.1 Å². The standard InChI is InChI=1S/C16H17F3O2/c1-10-8-13(14(21-3)9-11(10)2)15(20,16(17,18)19)7-6-12-4-5-12/h8-9,12,20H,4-5H2,1-3H3. The van der Waals surface area contributed by atoms with Crippen molar-refractivity contribution in [2.24, 2.45) is 5.92 Å². The summed E-state index contributed by atoms with van der Waals surface area (Å²) >= 11 is 0. The molecule has 1 aromatic carbocycles. The number of aryl methyl sites for hydroxylation is 2. The van der Waals surface area contributed by atoms with E-state index in [0.29, 0.717) is 5.56 Å². The van der Waals surface area contributed by atoms with Gasteiger partial charge in [-0.25, -0.2) is 0 Å². The first-order valence-corrected chi connectivity index (χ1v) is 6.66.